The Kier molecular flexibility index (Phi) is 6.95. The number of benzene rings is 2. The first-order valence-electron chi connectivity index (χ1n) is 12.6. The molecule has 1 aliphatic rings. The second-order valence-electron chi connectivity index (χ2n) is 10.2. The summed E-state index contributed by atoms with van der Waals surface area (Å²) in [4.78, 5) is 26.8. The van der Waals surface area contributed by atoms with Crippen molar-refractivity contribution in [3.05, 3.63) is 90.5 Å². The van der Waals surface area contributed by atoms with Gasteiger partial charge < -0.3 is 14.5 Å². The lowest BCUT2D eigenvalue weighted by Crippen LogP contribution is -2.36. The van der Waals surface area contributed by atoms with Gasteiger partial charge in [-0.15, -0.1) is 0 Å². The number of hydrogen-bond acceptors (Lipinski definition) is 5. The van der Waals surface area contributed by atoms with Crippen LogP contribution in [-0.4, -0.2) is 38.1 Å². The van der Waals surface area contributed by atoms with E-state index in [4.69, 9.17) is 9.47 Å². The Morgan fingerprint density at radius 3 is 2.51 bits per heavy atom. The molecule has 7 nitrogen and oxygen atoms in total. The van der Waals surface area contributed by atoms with Crippen LogP contribution in [0.1, 0.15) is 51.0 Å². The first-order chi connectivity index (χ1) is 17.9. The second kappa shape index (κ2) is 10.5. The van der Waals surface area contributed by atoms with Gasteiger partial charge in [-0.3, -0.25) is 4.90 Å². The number of likely N-dealkylation sites (tertiary alicyclic amines) is 1. The Hall–Kier alpha value is -4.13. The molecule has 0 spiro atoms. The average molecular weight is 497 g/mol. The molecule has 2 aromatic heterocycles. The number of aromatic nitrogens is 3. The van der Waals surface area contributed by atoms with E-state index >= 15 is 0 Å². The summed E-state index contributed by atoms with van der Waals surface area (Å²) in [5.74, 6) is 1.38. The minimum absolute atomic E-state index is 0.103. The smallest absolute Gasteiger partial charge is 0.410 e. The molecule has 2 aromatic carbocycles. The number of amides is 1. The van der Waals surface area contributed by atoms with Crippen molar-refractivity contribution in [2.24, 2.45) is 0 Å². The molecule has 190 valence electrons. The zero-order chi connectivity index (χ0) is 25.8. The molecule has 1 fully saturated rings. The maximum absolute atomic E-state index is 12.7. The molecule has 1 aliphatic heterocycles. The fraction of sp³-hybridized carbons (Fsp3) is 0.300. The standard InChI is InChI=1S/C30H32N4O3/c1-30(2,3)37-29(35)34-17-7-10-26(34)28-32-19-25(33-28)23-13-11-22(12-14-23)24-15-16-31-27(18-24)36-20-21-8-5-4-6-9-21/h4-6,8-9,11-16,18-19,26H,7,10,17,20H2,1-3H3,(H,32,33)/t26-/m1/s1. The van der Waals surface area contributed by atoms with Crippen LogP contribution in [0.4, 0.5) is 4.79 Å². The van der Waals surface area contributed by atoms with E-state index in [1.165, 1.54) is 0 Å². The lowest BCUT2D eigenvalue weighted by molar-refractivity contribution is 0.0218. The molecule has 1 amide bonds. The molecule has 0 unspecified atom stereocenters. The third-order valence-electron chi connectivity index (χ3n) is 6.29. The molecule has 0 saturated carbocycles. The van der Waals surface area contributed by atoms with Gasteiger partial charge in [-0.2, -0.15) is 0 Å². The van der Waals surface area contributed by atoms with Gasteiger partial charge in [0.2, 0.25) is 5.88 Å². The molecule has 37 heavy (non-hydrogen) atoms. The SMILES string of the molecule is CC(C)(C)OC(=O)N1CCC[C@@H]1c1ncc(-c2ccc(-c3ccnc(OCc4ccccc4)c3)cc2)[nH]1. The highest BCUT2D eigenvalue weighted by molar-refractivity contribution is 5.70. The van der Waals surface area contributed by atoms with E-state index in [9.17, 15) is 4.79 Å². The van der Waals surface area contributed by atoms with E-state index in [0.717, 1.165) is 46.6 Å². The van der Waals surface area contributed by atoms with Gasteiger partial charge in [0.05, 0.1) is 17.9 Å². The van der Waals surface area contributed by atoms with Crippen molar-refractivity contribution >= 4 is 6.09 Å². The van der Waals surface area contributed by atoms with Gasteiger partial charge in [0.15, 0.2) is 0 Å². The summed E-state index contributed by atoms with van der Waals surface area (Å²) >= 11 is 0. The minimum Gasteiger partial charge on any atom is -0.473 e. The maximum Gasteiger partial charge on any atom is 0.410 e. The monoisotopic (exact) mass is 496 g/mol. The number of nitrogens with one attached hydrogen (secondary N) is 1. The van der Waals surface area contributed by atoms with Crippen molar-refractivity contribution in [3.8, 4) is 28.3 Å². The highest BCUT2D eigenvalue weighted by Gasteiger charge is 2.34. The van der Waals surface area contributed by atoms with Gasteiger partial charge in [0, 0.05) is 18.8 Å². The predicted octanol–water partition coefficient (Wildman–Crippen LogP) is 6.79. The number of carbonyl (C=O) groups is 1. The van der Waals surface area contributed by atoms with Crippen LogP contribution in [0.2, 0.25) is 0 Å². The quantitative estimate of drug-likeness (QED) is 0.318. The first-order valence-corrected chi connectivity index (χ1v) is 12.6. The number of aromatic amines is 1. The van der Waals surface area contributed by atoms with Crippen LogP contribution in [0.25, 0.3) is 22.4 Å². The third-order valence-corrected chi connectivity index (χ3v) is 6.29. The van der Waals surface area contributed by atoms with Crippen LogP contribution >= 0.6 is 0 Å². The summed E-state index contributed by atoms with van der Waals surface area (Å²) < 4.78 is 11.5. The van der Waals surface area contributed by atoms with E-state index in [-0.39, 0.29) is 12.1 Å². The molecular formula is C30H32N4O3. The van der Waals surface area contributed by atoms with Crippen molar-refractivity contribution in [1.82, 2.24) is 19.9 Å². The van der Waals surface area contributed by atoms with Gasteiger partial charge in [0.25, 0.3) is 0 Å². The van der Waals surface area contributed by atoms with E-state index < -0.39 is 5.60 Å². The summed E-state index contributed by atoms with van der Waals surface area (Å²) in [5, 5.41) is 0. The normalized spacial score (nSPS) is 15.5. The van der Waals surface area contributed by atoms with Gasteiger partial charge in [-0.25, -0.2) is 14.8 Å². The number of nitrogens with zero attached hydrogens (tertiary/aromatic N) is 3. The molecule has 5 rings (SSSR count). The van der Waals surface area contributed by atoms with Crippen molar-refractivity contribution in [3.63, 3.8) is 0 Å². The molecule has 0 aliphatic carbocycles. The molecule has 1 atom stereocenters. The first kappa shape index (κ1) is 24.6. The van der Waals surface area contributed by atoms with E-state index in [1.807, 2.05) is 69.4 Å². The van der Waals surface area contributed by atoms with Crippen molar-refractivity contribution in [2.75, 3.05) is 6.54 Å². The number of H-pyrrole nitrogens is 1. The number of ether oxygens (including phenoxy) is 2. The lowest BCUT2D eigenvalue weighted by Gasteiger charge is -2.27. The fourth-order valence-electron chi connectivity index (χ4n) is 4.48. The van der Waals surface area contributed by atoms with Crippen molar-refractivity contribution in [1.29, 1.82) is 0 Å². The molecule has 3 heterocycles. The summed E-state index contributed by atoms with van der Waals surface area (Å²) in [7, 11) is 0. The Bertz CT molecular complexity index is 1340. The molecule has 1 N–H and O–H groups in total. The van der Waals surface area contributed by atoms with Crippen molar-refractivity contribution < 1.29 is 14.3 Å². The van der Waals surface area contributed by atoms with Gasteiger partial charge in [0.1, 0.15) is 18.0 Å². The van der Waals surface area contributed by atoms with E-state index in [2.05, 4.69) is 39.2 Å². The van der Waals surface area contributed by atoms with Crippen LogP contribution in [0.3, 0.4) is 0 Å². The Labute approximate surface area is 217 Å². The topological polar surface area (TPSA) is 80.3 Å². The number of hydrogen-bond donors (Lipinski definition) is 1. The van der Waals surface area contributed by atoms with E-state index in [0.29, 0.717) is 19.0 Å². The summed E-state index contributed by atoms with van der Waals surface area (Å²) in [6.07, 6.45) is 5.10. The maximum atomic E-state index is 12.7. The number of pyridine rings is 1. The van der Waals surface area contributed by atoms with E-state index in [1.54, 1.807) is 11.1 Å². The molecule has 4 aromatic rings. The van der Waals surface area contributed by atoms with Crippen molar-refractivity contribution in [2.45, 2.75) is 51.9 Å². The number of imidazole rings is 1. The fourth-order valence-corrected chi connectivity index (χ4v) is 4.48. The average Bonchev–Trinajstić information content (AvgIpc) is 3.58. The van der Waals surface area contributed by atoms with Crippen LogP contribution in [0, 0.1) is 0 Å². The highest BCUT2D eigenvalue weighted by Crippen LogP contribution is 2.33. The highest BCUT2D eigenvalue weighted by atomic mass is 16.6. The summed E-state index contributed by atoms with van der Waals surface area (Å²) in [5.41, 5.74) is 4.63. The third kappa shape index (κ3) is 6.00. The zero-order valence-electron chi connectivity index (χ0n) is 21.5. The Balaban J connectivity index is 1.27. The molecule has 1 saturated heterocycles. The van der Waals surface area contributed by atoms with Crippen LogP contribution in [0.15, 0.2) is 79.1 Å². The zero-order valence-corrected chi connectivity index (χ0v) is 21.5. The van der Waals surface area contributed by atoms with Gasteiger partial charge in [-0.05, 0) is 61.9 Å². The van der Waals surface area contributed by atoms with Gasteiger partial charge >= 0.3 is 6.09 Å². The molecular weight excluding hydrogens is 464 g/mol. The Morgan fingerprint density at radius 1 is 1.00 bits per heavy atom. The largest absolute Gasteiger partial charge is 0.473 e. The second-order valence-corrected chi connectivity index (χ2v) is 10.2. The number of carbonyl (C=O) groups excluding carboxylic acids is 1. The Morgan fingerprint density at radius 2 is 1.76 bits per heavy atom. The lowest BCUT2D eigenvalue weighted by atomic mass is 10.0. The molecule has 0 radical (unpaired) electrons. The van der Waals surface area contributed by atoms with Gasteiger partial charge in [-0.1, -0.05) is 54.6 Å². The van der Waals surface area contributed by atoms with Crippen LogP contribution in [-0.2, 0) is 11.3 Å². The van der Waals surface area contributed by atoms with Crippen LogP contribution in [0.5, 0.6) is 5.88 Å². The molecule has 7 heteroatoms. The summed E-state index contributed by atoms with van der Waals surface area (Å²) in [6, 6.07) is 22.2. The van der Waals surface area contributed by atoms with Crippen LogP contribution < -0.4 is 4.74 Å². The molecule has 0 bridgehead atoms. The minimum atomic E-state index is -0.524. The summed E-state index contributed by atoms with van der Waals surface area (Å²) in [6.45, 7) is 6.80. The predicted molar refractivity (Wildman–Crippen MR) is 143 cm³/mol. The number of rotatable bonds is 6.